The van der Waals surface area contributed by atoms with Crippen molar-refractivity contribution in [1.29, 1.82) is 0 Å². The normalized spacial score (nSPS) is 12.9. The second-order valence-corrected chi connectivity index (χ2v) is 6.81. The number of hydrogen-bond acceptors (Lipinski definition) is 3. The average Bonchev–Trinajstić information content (AvgIpc) is 2.62. The lowest BCUT2D eigenvalue weighted by Gasteiger charge is -2.20. The topological polar surface area (TPSA) is 70.2 Å². The summed E-state index contributed by atoms with van der Waals surface area (Å²) in [6.07, 6.45) is 0. The van der Waals surface area contributed by atoms with E-state index in [4.69, 9.17) is 0 Å². The molecule has 0 radical (unpaired) electrons. The molecule has 3 N–H and O–H groups in total. The first-order valence-corrected chi connectivity index (χ1v) is 9.03. The number of carbonyl (C=O) groups is 2. The van der Waals surface area contributed by atoms with Crippen LogP contribution in [-0.4, -0.2) is 24.4 Å². The van der Waals surface area contributed by atoms with E-state index in [9.17, 15) is 18.4 Å². The molecule has 2 rings (SSSR count). The Hall–Kier alpha value is -2.80. The van der Waals surface area contributed by atoms with Crippen LogP contribution in [0.1, 0.15) is 36.6 Å². The largest absolute Gasteiger partial charge is 0.346 e. The number of anilines is 1. The van der Waals surface area contributed by atoms with Crippen LogP contribution in [-0.2, 0) is 9.59 Å². The highest BCUT2D eigenvalue weighted by atomic mass is 19.1. The van der Waals surface area contributed by atoms with Crippen molar-refractivity contribution in [2.24, 2.45) is 0 Å². The molecule has 0 aliphatic carbocycles. The van der Waals surface area contributed by atoms with Gasteiger partial charge in [-0.3, -0.25) is 14.9 Å². The van der Waals surface area contributed by atoms with E-state index in [0.717, 1.165) is 22.9 Å². The fourth-order valence-corrected chi connectivity index (χ4v) is 2.91. The first-order valence-electron chi connectivity index (χ1n) is 9.03. The fourth-order valence-electron chi connectivity index (χ4n) is 2.91. The van der Waals surface area contributed by atoms with Crippen LogP contribution in [0.25, 0.3) is 0 Å². The maximum absolute atomic E-state index is 13.8. The summed E-state index contributed by atoms with van der Waals surface area (Å²) in [5.74, 6) is -2.07. The Bertz CT molecular complexity index is 850. The number of halogens is 2. The summed E-state index contributed by atoms with van der Waals surface area (Å²) in [5, 5.41) is 8.29. The summed E-state index contributed by atoms with van der Waals surface area (Å²) in [4.78, 5) is 24.4. The molecule has 0 spiro atoms. The second kappa shape index (κ2) is 9.41. The first-order chi connectivity index (χ1) is 13.2. The third-order valence-corrected chi connectivity index (χ3v) is 4.49. The van der Waals surface area contributed by atoms with Gasteiger partial charge < -0.3 is 10.6 Å². The summed E-state index contributed by atoms with van der Waals surface area (Å²) in [7, 11) is 0. The van der Waals surface area contributed by atoms with E-state index in [0.29, 0.717) is 0 Å². The lowest BCUT2D eigenvalue weighted by molar-refractivity contribution is -0.125. The van der Waals surface area contributed by atoms with Gasteiger partial charge in [0.15, 0.2) is 0 Å². The molecule has 2 amide bonds. The van der Waals surface area contributed by atoms with Crippen molar-refractivity contribution in [3.05, 3.63) is 64.7 Å². The van der Waals surface area contributed by atoms with Gasteiger partial charge in [0.05, 0.1) is 12.6 Å². The first kappa shape index (κ1) is 21.5. The minimum atomic E-state index is -0.680. The van der Waals surface area contributed by atoms with Crippen molar-refractivity contribution in [3.63, 3.8) is 0 Å². The number of benzene rings is 2. The standard InChI is InChI=1S/C21H25F2N3O2/c1-12-6-5-7-13(2)20(12)26-19(27)11-24-21(28)15(4)25-14(3)17-9-8-16(22)10-18(17)23/h5-10,14-15,25H,11H2,1-4H3,(H,24,28)(H,26,27). The van der Waals surface area contributed by atoms with Crippen LogP contribution in [0.3, 0.4) is 0 Å². The van der Waals surface area contributed by atoms with Gasteiger partial charge in [0.2, 0.25) is 11.8 Å². The molecule has 2 unspecified atom stereocenters. The number of para-hydroxylation sites is 1. The van der Waals surface area contributed by atoms with Gasteiger partial charge in [0.25, 0.3) is 0 Å². The Labute approximate surface area is 163 Å². The number of rotatable bonds is 7. The second-order valence-electron chi connectivity index (χ2n) is 6.81. The number of nitrogens with one attached hydrogen (secondary N) is 3. The molecular weight excluding hydrogens is 364 g/mol. The van der Waals surface area contributed by atoms with E-state index in [1.807, 2.05) is 32.0 Å². The molecule has 0 fully saturated rings. The lowest BCUT2D eigenvalue weighted by Crippen LogP contribution is -2.45. The lowest BCUT2D eigenvalue weighted by atomic mass is 10.1. The molecule has 0 saturated heterocycles. The smallest absolute Gasteiger partial charge is 0.243 e. The van der Waals surface area contributed by atoms with E-state index < -0.39 is 29.6 Å². The zero-order valence-electron chi connectivity index (χ0n) is 16.4. The van der Waals surface area contributed by atoms with E-state index in [1.54, 1.807) is 13.8 Å². The van der Waals surface area contributed by atoms with Crippen molar-refractivity contribution in [2.45, 2.75) is 39.8 Å². The summed E-state index contributed by atoms with van der Waals surface area (Å²) in [6.45, 7) is 6.88. The quantitative estimate of drug-likeness (QED) is 0.680. The van der Waals surface area contributed by atoms with Crippen molar-refractivity contribution >= 4 is 17.5 Å². The number of aryl methyl sites for hydroxylation is 2. The molecule has 2 aromatic carbocycles. The maximum atomic E-state index is 13.8. The summed E-state index contributed by atoms with van der Waals surface area (Å²) in [6, 6.07) is 7.81. The maximum Gasteiger partial charge on any atom is 0.243 e. The SMILES string of the molecule is Cc1cccc(C)c1NC(=O)CNC(=O)C(C)NC(C)c1ccc(F)cc1F. The number of hydrogen-bond donors (Lipinski definition) is 3. The molecule has 5 nitrogen and oxygen atoms in total. The van der Waals surface area contributed by atoms with Crippen LogP contribution in [0.4, 0.5) is 14.5 Å². The zero-order chi connectivity index (χ0) is 20.8. The fraction of sp³-hybridized carbons (Fsp3) is 0.333. The van der Waals surface area contributed by atoms with Crippen LogP contribution in [0.15, 0.2) is 36.4 Å². The molecule has 0 saturated carbocycles. The molecule has 28 heavy (non-hydrogen) atoms. The highest BCUT2D eigenvalue weighted by Gasteiger charge is 2.19. The zero-order valence-corrected chi connectivity index (χ0v) is 16.4. The van der Waals surface area contributed by atoms with Crippen LogP contribution in [0.5, 0.6) is 0 Å². The molecule has 0 bridgehead atoms. The minimum absolute atomic E-state index is 0.183. The van der Waals surface area contributed by atoms with Crippen LogP contribution in [0, 0.1) is 25.5 Å². The van der Waals surface area contributed by atoms with Crippen LogP contribution >= 0.6 is 0 Å². The van der Waals surface area contributed by atoms with E-state index in [-0.39, 0.29) is 18.0 Å². The number of carbonyl (C=O) groups excluding carboxylic acids is 2. The average molecular weight is 389 g/mol. The molecule has 0 aromatic heterocycles. The van der Waals surface area contributed by atoms with Gasteiger partial charge in [-0.2, -0.15) is 0 Å². The highest BCUT2D eigenvalue weighted by Crippen LogP contribution is 2.19. The van der Waals surface area contributed by atoms with Gasteiger partial charge >= 0.3 is 0 Å². The van der Waals surface area contributed by atoms with Gasteiger partial charge in [0.1, 0.15) is 11.6 Å². The molecule has 2 atom stereocenters. The molecule has 7 heteroatoms. The van der Waals surface area contributed by atoms with Crippen LogP contribution in [0.2, 0.25) is 0 Å². The van der Waals surface area contributed by atoms with Gasteiger partial charge in [-0.1, -0.05) is 24.3 Å². The van der Waals surface area contributed by atoms with Gasteiger partial charge in [0, 0.05) is 23.4 Å². The van der Waals surface area contributed by atoms with Crippen molar-refractivity contribution in [1.82, 2.24) is 10.6 Å². The Morgan fingerprint density at radius 2 is 1.68 bits per heavy atom. The molecule has 0 aliphatic heterocycles. The molecule has 150 valence electrons. The van der Waals surface area contributed by atoms with E-state index in [1.165, 1.54) is 12.1 Å². The van der Waals surface area contributed by atoms with Crippen molar-refractivity contribution in [3.8, 4) is 0 Å². The molecular formula is C21H25F2N3O2. The molecule has 2 aromatic rings. The minimum Gasteiger partial charge on any atom is -0.346 e. The number of amides is 2. The predicted molar refractivity (Wildman–Crippen MR) is 105 cm³/mol. The predicted octanol–water partition coefficient (Wildman–Crippen LogP) is 3.38. The van der Waals surface area contributed by atoms with Gasteiger partial charge in [-0.15, -0.1) is 0 Å². The van der Waals surface area contributed by atoms with Crippen molar-refractivity contribution < 1.29 is 18.4 Å². The van der Waals surface area contributed by atoms with Gasteiger partial charge in [-0.25, -0.2) is 8.78 Å². The van der Waals surface area contributed by atoms with Crippen LogP contribution < -0.4 is 16.0 Å². The Morgan fingerprint density at radius 1 is 1.04 bits per heavy atom. The summed E-state index contributed by atoms with van der Waals surface area (Å²) >= 11 is 0. The Balaban J connectivity index is 1.87. The monoisotopic (exact) mass is 389 g/mol. The summed E-state index contributed by atoms with van der Waals surface area (Å²) in [5.41, 5.74) is 2.86. The summed E-state index contributed by atoms with van der Waals surface area (Å²) < 4.78 is 26.9. The molecule has 0 aliphatic rings. The third kappa shape index (κ3) is 5.60. The Kier molecular flexibility index (Phi) is 7.23. The highest BCUT2D eigenvalue weighted by molar-refractivity contribution is 5.96. The van der Waals surface area contributed by atoms with E-state index in [2.05, 4.69) is 16.0 Å². The van der Waals surface area contributed by atoms with E-state index >= 15 is 0 Å². The third-order valence-electron chi connectivity index (χ3n) is 4.49. The molecule has 0 heterocycles. The van der Waals surface area contributed by atoms with Crippen molar-refractivity contribution in [2.75, 3.05) is 11.9 Å². The van der Waals surface area contributed by atoms with Gasteiger partial charge in [-0.05, 0) is 44.9 Å². The Morgan fingerprint density at radius 3 is 2.29 bits per heavy atom.